The number of hydrogen-bond acceptors (Lipinski definition) is 8. The lowest BCUT2D eigenvalue weighted by Crippen LogP contribution is -2.37. The van der Waals surface area contributed by atoms with Crippen LogP contribution in [0.4, 0.5) is 0 Å². The molecule has 2 heterocycles. The van der Waals surface area contributed by atoms with Crippen molar-refractivity contribution >= 4 is 23.8 Å². The van der Waals surface area contributed by atoms with Crippen LogP contribution in [0.2, 0.25) is 0 Å². The molecule has 10 heteroatoms. The van der Waals surface area contributed by atoms with E-state index in [9.17, 15) is 19.2 Å². The molecule has 0 aliphatic heterocycles. The molecule has 0 aliphatic rings. The minimum Gasteiger partial charge on any atom is -0.463 e. The first-order chi connectivity index (χ1) is 15.4. The summed E-state index contributed by atoms with van der Waals surface area (Å²) in [5, 5.41) is 5.41. The van der Waals surface area contributed by atoms with E-state index in [1.165, 1.54) is 38.5 Å². The van der Waals surface area contributed by atoms with E-state index in [1.807, 2.05) is 6.07 Å². The first-order valence-corrected chi connectivity index (χ1v) is 9.43. The molecule has 3 aromatic rings. The summed E-state index contributed by atoms with van der Waals surface area (Å²) in [6.07, 6.45) is 0. The Morgan fingerprint density at radius 1 is 0.750 bits per heavy atom. The van der Waals surface area contributed by atoms with Crippen molar-refractivity contribution in [3.63, 3.8) is 0 Å². The van der Waals surface area contributed by atoms with Gasteiger partial charge in [0.1, 0.15) is 0 Å². The minimum atomic E-state index is -0.708. The summed E-state index contributed by atoms with van der Waals surface area (Å²) in [5.74, 6) is -2.98. The number of furan rings is 2. The number of benzene rings is 1. The molecule has 0 fully saturated rings. The van der Waals surface area contributed by atoms with Crippen molar-refractivity contribution in [2.75, 3.05) is 20.8 Å². The number of amides is 2. The Morgan fingerprint density at radius 3 is 1.78 bits per heavy atom. The number of hydrogen-bond donors (Lipinski definition) is 2. The lowest BCUT2D eigenvalue weighted by molar-refractivity contribution is 0.0553. The third kappa shape index (κ3) is 5.22. The van der Waals surface area contributed by atoms with Crippen LogP contribution < -0.4 is 10.6 Å². The smallest absolute Gasteiger partial charge is 0.373 e. The maximum Gasteiger partial charge on any atom is 0.373 e. The standard InChI is InChI=1S/C22H20N2O8/c1-29-21(27)17-10-8-15(31-17)19(25)23-12-14(13-6-4-3-5-7-13)24-20(26)16-9-11-18(32-16)22(28)30-2/h3-11,14H,12H2,1-2H3,(H,23,25)(H,24,26). The van der Waals surface area contributed by atoms with Crippen LogP contribution in [0.25, 0.3) is 0 Å². The van der Waals surface area contributed by atoms with Gasteiger partial charge in [-0.15, -0.1) is 0 Å². The lowest BCUT2D eigenvalue weighted by atomic mass is 10.1. The molecule has 166 valence electrons. The molecule has 1 unspecified atom stereocenters. The van der Waals surface area contributed by atoms with Gasteiger partial charge in [-0.1, -0.05) is 30.3 Å². The van der Waals surface area contributed by atoms with Crippen LogP contribution in [0.3, 0.4) is 0 Å². The summed E-state index contributed by atoms with van der Waals surface area (Å²) >= 11 is 0. The lowest BCUT2D eigenvalue weighted by Gasteiger charge is -2.19. The second-order valence-corrected chi connectivity index (χ2v) is 6.46. The molecular formula is C22H20N2O8. The van der Waals surface area contributed by atoms with Crippen molar-refractivity contribution in [2.24, 2.45) is 0 Å². The number of rotatable bonds is 8. The van der Waals surface area contributed by atoms with Gasteiger partial charge in [0, 0.05) is 6.54 Å². The summed E-state index contributed by atoms with van der Waals surface area (Å²) < 4.78 is 19.5. The molecule has 1 atom stereocenters. The first kappa shape index (κ1) is 22.3. The first-order valence-electron chi connectivity index (χ1n) is 9.43. The number of nitrogens with one attached hydrogen (secondary N) is 2. The van der Waals surface area contributed by atoms with Gasteiger partial charge in [0.2, 0.25) is 11.5 Å². The van der Waals surface area contributed by atoms with Crippen molar-refractivity contribution in [1.82, 2.24) is 10.6 Å². The zero-order valence-corrected chi connectivity index (χ0v) is 17.2. The average molecular weight is 440 g/mol. The van der Waals surface area contributed by atoms with Gasteiger partial charge in [-0.3, -0.25) is 9.59 Å². The predicted octanol–water partition coefficient (Wildman–Crippen LogP) is 2.35. The van der Waals surface area contributed by atoms with E-state index in [2.05, 4.69) is 20.1 Å². The van der Waals surface area contributed by atoms with Crippen LogP contribution in [0.5, 0.6) is 0 Å². The molecule has 0 saturated heterocycles. The van der Waals surface area contributed by atoms with Gasteiger partial charge in [0.15, 0.2) is 11.5 Å². The average Bonchev–Trinajstić information content (AvgIpc) is 3.51. The van der Waals surface area contributed by atoms with E-state index in [-0.39, 0.29) is 29.6 Å². The molecular weight excluding hydrogens is 420 g/mol. The molecule has 0 bridgehead atoms. The molecule has 3 rings (SSSR count). The van der Waals surface area contributed by atoms with Gasteiger partial charge in [-0.05, 0) is 29.8 Å². The molecule has 0 spiro atoms. The summed E-state index contributed by atoms with van der Waals surface area (Å²) in [5.41, 5.74) is 0.718. The highest BCUT2D eigenvalue weighted by atomic mass is 16.5. The summed E-state index contributed by atoms with van der Waals surface area (Å²) in [6.45, 7) is 0.00735. The maximum atomic E-state index is 12.6. The summed E-state index contributed by atoms with van der Waals surface area (Å²) in [7, 11) is 2.40. The van der Waals surface area contributed by atoms with Crippen molar-refractivity contribution < 1.29 is 37.5 Å². The molecule has 2 amide bonds. The number of esters is 2. The maximum absolute atomic E-state index is 12.6. The van der Waals surface area contributed by atoms with Crippen molar-refractivity contribution in [3.8, 4) is 0 Å². The minimum absolute atomic E-state index is 0.00735. The van der Waals surface area contributed by atoms with Crippen LogP contribution in [-0.4, -0.2) is 44.5 Å². The van der Waals surface area contributed by atoms with E-state index < -0.39 is 29.8 Å². The highest BCUT2D eigenvalue weighted by Crippen LogP contribution is 2.16. The van der Waals surface area contributed by atoms with Crippen LogP contribution >= 0.6 is 0 Å². The largest absolute Gasteiger partial charge is 0.463 e. The van der Waals surface area contributed by atoms with E-state index >= 15 is 0 Å². The molecule has 32 heavy (non-hydrogen) atoms. The second-order valence-electron chi connectivity index (χ2n) is 6.46. The molecule has 0 saturated carbocycles. The van der Waals surface area contributed by atoms with E-state index in [0.717, 1.165) is 5.56 Å². The fourth-order valence-electron chi connectivity index (χ4n) is 2.79. The fourth-order valence-corrected chi connectivity index (χ4v) is 2.79. The zero-order chi connectivity index (χ0) is 23.1. The Hall–Kier alpha value is -4.34. The Labute approximate surface area is 182 Å². The van der Waals surface area contributed by atoms with Crippen LogP contribution in [0.1, 0.15) is 53.8 Å². The monoisotopic (exact) mass is 440 g/mol. The summed E-state index contributed by atoms with van der Waals surface area (Å²) in [6, 6.07) is 13.7. The van der Waals surface area contributed by atoms with Gasteiger partial charge >= 0.3 is 11.9 Å². The molecule has 1 aromatic carbocycles. The highest BCUT2D eigenvalue weighted by molar-refractivity contribution is 5.95. The van der Waals surface area contributed by atoms with Crippen LogP contribution in [-0.2, 0) is 9.47 Å². The van der Waals surface area contributed by atoms with Crippen molar-refractivity contribution in [1.29, 1.82) is 0 Å². The van der Waals surface area contributed by atoms with Gasteiger partial charge in [-0.25, -0.2) is 9.59 Å². The Balaban J connectivity index is 1.71. The van der Waals surface area contributed by atoms with Crippen LogP contribution in [0, 0.1) is 0 Å². The Bertz CT molecular complexity index is 1120. The molecule has 0 radical (unpaired) electrons. The normalized spacial score (nSPS) is 11.3. The quantitative estimate of drug-likeness (QED) is 0.509. The summed E-state index contributed by atoms with van der Waals surface area (Å²) in [4.78, 5) is 48.1. The Kier molecular flexibility index (Phi) is 7.06. The SMILES string of the molecule is COC(=O)c1ccc(C(=O)NCC(NC(=O)c2ccc(C(=O)OC)o2)c2ccccc2)o1. The highest BCUT2D eigenvalue weighted by Gasteiger charge is 2.22. The van der Waals surface area contributed by atoms with Gasteiger partial charge in [0.05, 0.1) is 20.3 Å². The number of carbonyl (C=O) groups excluding carboxylic acids is 4. The number of carbonyl (C=O) groups is 4. The topological polar surface area (TPSA) is 137 Å². The molecule has 0 aliphatic carbocycles. The third-order valence-electron chi connectivity index (χ3n) is 4.41. The molecule has 2 N–H and O–H groups in total. The van der Waals surface area contributed by atoms with E-state index in [4.69, 9.17) is 8.83 Å². The Morgan fingerprint density at radius 2 is 1.25 bits per heavy atom. The number of ether oxygens (including phenoxy) is 2. The van der Waals surface area contributed by atoms with E-state index in [0.29, 0.717) is 0 Å². The van der Waals surface area contributed by atoms with Crippen molar-refractivity contribution in [2.45, 2.75) is 6.04 Å². The molecule has 2 aromatic heterocycles. The molecule has 10 nitrogen and oxygen atoms in total. The predicted molar refractivity (Wildman–Crippen MR) is 109 cm³/mol. The zero-order valence-electron chi connectivity index (χ0n) is 17.2. The van der Waals surface area contributed by atoms with Crippen molar-refractivity contribution in [3.05, 3.63) is 83.2 Å². The second kappa shape index (κ2) is 10.1. The number of methoxy groups -OCH3 is 2. The van der Waals surface area contributed by atoms with Gasteiger partial charge < -0.3 is 28.9 Å². The van der Waals surface area contributed by atoms with Crippen LogP contribution in [0.15, 0.2) is 63.4 Å². The van der Waals surface area contributed by atoms with E-state index in [1.54, 1.807) is 24.3 Å². The van der Waals surface area contributed by atoms with Gasteiger partial charge in [-0.2, -0.15) is 0 Å². The van der Waals surface area contributed by atoms with Gasteiger partial charge in [0.25, 0.3) is 11.8 Å². The third-order valence-corrected chi connectivity index (χ3v) is 4.41. The fraction of sp³-hybridized carbons (Fsp3) is 0.182.